The Hall–Kier alpha value is -1.35. The minimum atomic E-state index is -0.851. The zero-order valence-electron chi connectivity index (χ0n) is 12.0. The molecule has 1 rings (SSSR count). The van der Waals surface area contributed by atoms with E-state index in [1.54, 1.807) is 12.1 Å². The minimum Gasteiger partial charge on any atom is -0.478 e. The molecule has 0 aliphatic rings. The Morgan fingerprint density at radius 1 is 1.32 bits per heavy atom. The van der Waals surface area contributed by atoms with Crippen LogP contribution in [-0.2, 0) is 6.54 Å². The van der Waals surface area contributed by atoms with Gasteiger partial charge in [0.25, 0.3) is 0 Å². The SMILES string of the molecule is CCCCC(CC)CNCc1ccccc1C(=O)O. The molecule has 2 N–H and O–H groups in total. The average molecular weight is 263 g/mol. The maximum atomic E-state index is 11.1. The first-order chi connectivity index (χ1) is 9.19. The van der Waals surface area contributed by atoms with Gasteiger partial charge in [0.1, 0.15) is 0 Å². The van der Waals surface area contributed by atoms with E-state index >= 15 is 0 Å². The van der Waals surface area contributed by atoms with E-state index in [-0.39, 0.29) is 0 Å². The van der Waals surface area contributed by atoms with Crippen LogP contribution >= 0.6 is 0 Å². The molecule has 19 heavy (non-hydrogen) atoms. The molecule has 0 heterocycles. The molecule has 0 radical (unpaired) electrons. The van der Waals surface area contributed by atoms with Crippen molar-refractivity contribution in [1.29, 1.82) is 0 Å². The number of hydrogen-bond donors (Lipinski definition) is 2. The van der Waals surface area contributed by atoms with Crippen molar-refractivity contribution in [2.75, 3.05) is 6.54 Å². The lowest BCUT2D eigenvalue weighted by atomic mass is 9.99. The van der Waals surface area contributed by atoms with Gasteiger partial charge < -0.3 is 10.4 Å². The molecule has 0 aliphatic carbocycles. The molecule has 1 atom stereocenters. The number of nitrogens with one attached hydrogen (secondary N) is 1. The van der Waals surface area contributed by atoms with E-state index in [1.165, 1.54) is 25.7 Å². The Morgan fingerprint density at radius 3 is 2.68 bits per heavy atom. The Bertz CT molecular complexity index is 390. The molecular formula is C16H25NO2. The summed E-state index contributed by atoms with van der Waals surface area (Å²) >= 11 is 0. The molecule has 1 aromatic carbocycles. The van der Waals surface area contributed by atoms with E-state index in [1.807, 2.05) is 12.1 Å². The molecular weight excluding hydrogens is 238 g/mol. The van der Waals surface area contributed by atoms with Crippen molar-refractivity contribution in [2.24, 2.45) is 5.92 Å². The summed E-state index contributed by atoms with van der Waals surface area (Å²) in [6.07, 6.45) is 4.93. The van der Waals surface area contributed by atoms with Gasteiger partial charge >= 0.3 is 5.97 Å². The van der Waals surface area contributed by atoms with E-state index in [0.717, 1.165) is 12.1 Å². The normalized spacial score (nSPS) is 12.3. The highest BCUT2D eigenvalue weighted by atomic mass is 16.4. The lowest BCUT2D eigenvalue weighted by Crippen LogP contribution is -2.23. The van der Waals surface area contributed by atoms with Crippen LogP contribution in [0, 0.1) is 5.92 Å². The Kier molecular flexibility index (Phi) is 7.19. The van der Waals surface area contributed by atoms with Gasteiger partial charge in [-0.15, -0.1) is 0 Å². The van der Waals surface area contributed by atoms with Gasteiger partial charge in [0.2, 0.25) is 0 Å². The summed E-state index contributed by atoms with van der Waals surface area (Å²) in [5.41, 5.74) is 1.26. The van der Waals surface area contributed by atoms with E-state index in [9.17, 15) is 4.79 Å². The van der Waals surface area contributed by atoms with Crippen molar-refractivity contribution >= 4 is 5.97 Å². The van der Waals surface area contributed by atoms with Crippen molar-refractivity contribution in [3.05, 3.63) is 35.4 Å². The number of carboxylic acid groups (broad SMARTS) is 1. The fourth-order valence-electron chi connectivity index (χ4n) is 2.24. The molecule has 3 heteroatoms. The highest BCUT2D eigenvalue weighted by Gasteiger charge is 2.09. The van der Waals surface area contributed by atoms with Crippen molar-refractivity contribution < 1.29 is 9.90 Å². The molecule has 0 saturated heterocycles. The molecule has 0 aliphatic heterocycles. The Labute approximate surface area is 116 Å². The number of benzene rings is 1. The highest BCUT2D eigenvalue weighted by Crippen LogP contribution is 2.12. The second-order valence-corrected chi connectivity index (χ2v) is 5.01. The summed E-state index contributed by atoms with van der Waals surface area (Å²) in [6, 6.07) is 7.19. The van der Waals surface area contributed by atoms with Gasteiger partial charge in [0.15, 0.2) is 0 Å². The zero-order valence-corrected chi connectivity index (χ0v) is 12.0. The van der Waals surface area contributed by atoms with E-state index in [4.69, 9.17) is 5.11 Å². The van der Waals surface area contributed by atoms with Gasteiger partial charge in [-0.1, -0.05) is 51.3 Å². The molecule has 1 unspecified atom stereocenters. The number of rotatable bonds is 9. The molecule has 3 nitrogen and oxygen atoms in total. The number of unbranched alkanes of at least 4 members (excludes halogenated alkanes) is 1. The fourth-order valence-corrected chi connectivity index (χ4v) is 2.24. The van der Waals surface area contributed by atoms with E-state index < -0.39 is 5.97 Å². The summed E-state index contributed by atoms with van der Waals surface area (Å²) in [5.74, 6) is -0.160. The zero-order chi connectivity index (χ0) is 14.1. The molecule has 0 bridgehead atoms. The highest BCUT2D eigenvalue weighted by molar-refractivity contribution is 5.89. The molecule has 1 aromatic rings. The largest absolute Gasteiger partial charge is 0.478 e. The summed E-state index contributed by atoms with van der Waals surface area (Å²) in [7, 11) is 0. The standard InChI is InChI=1S/C16H25NO2/c1-3-5-8-13(4-2)11-17-12-14-9-6-7-10-15(14)16(18)19/h6-7,9-10,13,17H,3-5,8,11-12H2,1-2H3,(H,18,19). The molecule has 0 saturated carbocycles. The summed E-state index contributed by atoms with van der Waals surface area (Å²) in [4.78, 5) is 11.1. The van der Waals surface area contributed by atoms with Crippen LogP contribution in [-0.4, -0.2) is 17.6 Å². The van der Waals surface area contributed by atoms with Gasteiger partial charge in [-0.2, -0.15) is 0 Å². The first kappa shape index (κ1) is 15.7. The van der Waals surface area contributed by atoms with Crippen LogP contribution in [0.5, 0.6) is 0 Å². The first-order valence-electron chi connectivity index (χ1n) is 7.20. The van der Waals surface area contributed by atoms with E-state index in [2.05, 4.69) is 19.2 Å². The smallest absolute Gasteiger partial charge is 0.336 e. The van der Waals surface area contributed by atoms with Crippen LogP contribution < -0.4 is 5.32 Å². The van der Waals surface area contributed by atoms with Crippen molar-refractivity contribution in [3.8, 4) is 0 Å². The molecule has 0 fully saturated rings. The van der Waals surface area contributed by atoms with Crippen LogP contribution in [0.15, 0.2) is 24.3 Å². The van der Waals surface area contributed by atoms with Gasteiger partial charge in [0.05, 0.1) is 5.56 Å². The second kappa shape index (κ2) is 8.70. The lowest BCUT2D eigenvalue weighted by Gasteiger charge is -2.15. The van der Waals surface area contributed by atoms with Crippen LogP contribution in [0.25, 0.3) is 0 Å². The summed E-state index contributed by atoms with van der Waals surface area (Å²) in [6.45, 7) is 6.02. The third-order valence-electron chi connectivity index (χ3n) is 3.54. The Morgan fingerprint density at radius 2 is 2.05 bits per heavy atom. The monoisotopic (exact) mass is 263 g/mol. The number of hydrogen-bond acceptors (Lipinski definition) is 2. The van der Waals surface area contributed by atoms with Crippen LogP contribution in [0.1, 0.15) is 55.5 Å². The predicted octanol–water partition coefficient (Wildman–Crippen LogP) is 3.69. The average Bonchev–Trinajstić information content (AvgIpc) is 2.43. The lowest BCUT2D eigenvalue weighted by molar-refractivity contribution is 0.0695. The van der Waals surface area contributed by atoms with Crippen molar-refractivity contribution in [2.45, 2.75) is 46.1 Å². The van der Waals surface area contributed by atoms with E-state index in [0.29, 0.717) is 18.0 Å². The Balaban J connectivity index is 2.46. The van der Waals surface area contributed by atoms with Crippen molar-refractivity contribution in [3.63, 3.8) is 0 Å². The summed E-state index contributed by atoms with van der Waals surface area (Å²) in [5, 5.41) is 12.5. The number of carboxylic acids is 1. The van der Waals surface area contributed by atoms with Crippen LogP contribution in [0.4, 0.5) is 0 Å². The van der Waals surface area contributed by atoms with Crippen LogP contribution in [0.2, 0.25) is 0 Å². The molecule has 0 aromatic heterocycles. The minimum absolute atomic E-state index is 0.400. The van der Waals surface area contributed by atoms with Gasteiger partial charge in [-0.05, 0) is 30.5 Å². The third kappa shape index (κ3) is 5.43. The maximum Gasteiger partial charge on any atom is 0.336 e. The number of aromatic carboxylic acids is 1. The molecule has 0 spiro atoms. The topological polar surface area (TPSA) is 49.3 Å². The predicted molar refractivity (Wildman–Crippen MR) is 78.4 cm³/mol. The first-order valence-corrected chi connectivity index (χ1v) is 7.20. The maximum absolute atomic E-state index is 11.1. The second-order valence-electron chi connectivity index (χ2n) is 5.01. The van der Waals surface area contributed by atoms with Crippen LogP contribution in [0.3, 0.4) is 0 Å². The van der Waals surface area contributed by atoms with Gasteiger partial charge in [-0.25, -0.2) is 4.79 Å². The van der Waals surface area contributed by atoms with Gasteiger partial charge in [0, 0.05) is 6.54 Å². The molecule has 0 amide bonds. The summed E-state index contributed by atoms with van der Waals surface area (Å²) < 4.78 is 0. The fraction of sp³-hybridized carbons (Fsp3) is 0.562. The third-order valence-corrected chi connectivity index (χ3v) is 3.54. The van der Waals surface area contributed by atoms with Gasteiger partial charge in [-0.3, -0.25) is 0 Å². The number of carbonyl (C=O) groups is 1. The molecule has 106 valence electrons. The quantitative estimate of drug-likeness (QED) is 0.714. The van der Waals surface area contributed by atoms with Crippen molar-refractivity contribution in [1.82, 2.24) is 5.32 Å².